The van der Waals surface area contributed by atoms with E-state index in [1.807, 2.05) is 0 Å². The van der Waals surface area contributed by atoms with Crippen LogP contribution in [0.5, 0.6) is 0 Å². The first-order valence-electron chi connectivity index (χ1n) is 7.80. The molecule has 2 aromatic rings. The fraction of sp³-hybridized carbons (Fsp3) is 0. The summed E-state index contributed by atoms with van der Waals surface area (Å²) in [5.74, 6) is 0. The van der Waals surface area contributed by atoms with Crippen molar-refractivity contribution in [2.45, 2.75) is 0 Å². The Morgan fingerprint density at radius 3 is 1.25 bits per heavy atom. The molecule has 2 rings (SSSR count). The molecule has 0 aliphatic carbocycles. The molecule has 0 saturated heterocycles. The maximum Gasteiger partial charge on any atom is 0.206 e. The lowest BCUT2D eigenvalue weighted by Crippen LogP contribution is -2.23. The van der Waals surface area contributed by atoms with E-state index in [1.165, 1.54) is 24.8 Å². The number of rotatable bonds is 2. The average Bonchev–Trinajstić information content (AvgIpc) is 2.65. The van der Waals surface area contributed by atoms with Crippen LogP contribution in [0.15, 0.2) is 59.3 Å². The average molecular weight is 296 g/mol. The Hall–Kier alpha value is -2.66. The Balaban J connectivity index is -0.000000434. The van der Waals surface area contributed by atoms with Gasteiger partial charge in [-0.15, -0.1) is 0 Å². The molecule has 20 heavy (non-hydrogen) atoms. The van der Waals surface area contributed by atoms with E-state index in [0.29, 0.717) is 20.8 Å². The predicted molar refractivity (Wildman–Crippen MR) is 69.4 cm³/mol. The van der Waals surface area contributed by atoms with Gasteiger partial charge in [-0.2, -0.15) is 19.7 Å². The molecule has 0 aromatic carbocycles. The van der Waals surface area contributed by atoms with Crippen LogP contribution in [0, 0.1) is 10.4 Å². The van der Waals surface area contributed by atoms with Crippen LogP contribution < -0.4 is 9.46 Å². The molecule has 0 bridgehead atoms. The third-order valence-corrected chi connectivity index (χ3v) is 1.85. The fourth-order valence-corrected chi connectivity index (χ4v) is 1.06. The van der Waals surface area contributed by atoms with E-state index in [1.54, 1.807) is 24.3 Å². The van der Waals surface area contributed by atoms with Crippen LogP contribution in [0.25, 0.3) is 0 Å². The summed E-state index contributed by atoms with van der Waals surface area (Å²) in [5, 5.41) is 29.3. The SMILES string of the molecule is [2H]O[2H].[2H]O[2H].[2H]O[2H].[2H]O[2H].[O-][n+]1ccc(N=Nc2cc[n+]([O-])cc2)cc1. The first-order valence-corrected chi connectivity index (χ1v) is 4.53. The lowest BCUT2D eigenvalue weighted by molar-refractivity contribution is -0.605. The number of nitrogens with zero attached hydrogens (tertiary/aromatic N) is 4. The van der Waals surface area contributed by atoms with E-state index in [-0.39, 0.29) is 0 Å². The van der Waals surface area contributed by atoms with E-state index in [4.69, 9.17) is 11.4 Å². The van der Waals surface area contributed by atoms with Crippen LogP contribution in [0.2, 0.25) is 0 Å². The summed E-state index contributed by atoms with van der Waals surface area (Å²) in [7, 11) is 0. The van der Waals surface area contributed by atoms with Crippen LogP contribution in [-0.2, 0) is 0 Å². The first kappa shape index (κ1) is 9.28. The zero-order valence-corrected chi connectivity index (χ0v) is 9.86. The normalized spacial score (nSPS) is 12.6. The Labute approximate surface area is 125 Å². The summed E-state index contributed by atoms with van der Waals surface area (Å²) in [6.07, 6.45) is 5.35. The van der Waals surface area contributed by atoms with Crippen molar-refractivity contribution in [1.29, 1.82) is 11.4 Å². The summed E-state index contributed by atoms with van der Waals surface area (Å²) in [4.78, 5) is 0. The highest BCUT2D eigenvalue weighted by atomic mass is 16.5. The minimum atomic E-state index is 0.575. The molecule has 2 heterocycles. The van der Waals surface area contributed by atoms with E-state index in [0.717, 1.165) is 0 Å². The van der Waals surface area contributed by atoms with Gasteiger partial charge in [-0.3, -0.25) is 0 Å². The second-order valence-corrected chi connectivity index (χ2v) is 3.03. The van der Waals surface area contributed by atoms with Crippen molar-refractivity contribution in [2.24, 2.45) is 10.2 Å². The molecule has 0 radical (unpaired) electrons. The van der Waals surface area contributed by atoms with Gasteiger partial charge in [0.05, 0.1) is 11.4 Å². The van der Waals surface area contributed by atoms with E-state index in [9.17, 15) is 10.4 Å². The van der Waals surface area contributed by atoms with Gasteiger partial charge in [-0.1, -0.05) is 0 Å². The molecule has 0 amide bonds. The van der Waals surface area contributed by atoms with Crippen molar-refractivity contribution in [3.8, 4) is 0 Å². The van der Waals surface area contributed by atoms with Gasteiger partial charge in [0.15, 0.2) is 24.8 Å². The van der Waals surface area contributed by atoms with Crippen molar-refractivity contribution in [2.75, 3.05) is 0 Å². The molecule has 8 N–H and O–H groups in total. The molecule has 2 aromatic heterocycles. The molecule has 0 spiro atoms. The largest absolute Gasteiger partial charge is 0.619 e. The highest BCUT2D eigenvalue weighted by Gasteiger charge is 1.94. The summed E-state index contributed by atoms with van der Waals surface area (Å²) < 4.78 is 44.3. The van der Waals surface area contributed by atoms with Crippen LogP contribution in [0.1, 0.15) is 0 Å². The lowest BCUT2D eigenvalue weighted by Gasteiger charge is -1.95. The smallest absolute Gasteiger partial charge is 0.206 e. The van der Waals surface area contributed by atoms with Crippen molar-refractivity contribution in [3.63, 3.8) is 0 Å². The molecule has 0 aliphatic heterocycles. The van der Waals surface area contributed by atoms with Gasteiger partial charge in [0, 0.05) is 24.3 Å². The molecule has 0 atom stereocenters. The van der Waals surface area contributed by atoms with E-state index >= 15 is 0 Å². The second-order valence-electron chi connectivity index (χ2n) is 3.03. The molecule has 10 heteroatoms. The minimum Gasteiger partial charge on any atom is -0.619 e. The fourth-order valence-electron chi connectivity index (χ4n) is 1.06. The number of hydrogen-bond donors (Lipinski definition) is 0. The molecular formula is C10H16N4O6. The minimum absolute atomic E-state index is 0.575. The van der Waals surface area contributed by atoms with Crippen LogP contribution in [0.4, 0.5) is 11.4 Å². The summed E-state index contributed by atoms with van der Waals surface area (Å²) in [6.45, 7) is 0. The zero-order chi connectivity index (χ0) is 22.2. The first-order chi connectivity index (χ1) is 13.4. The number of azo groups is 1. The summed E-state index contributed by atoms with van der Waals surface area (Å²) >= 11 is 0. The standard InChI is InChI=1S/C10H8N4O2.4H2O/c15-13-5-1-9(2-6-13)11-12-10-3-7-14(16)8-4-10;;;;/h1-8H;4*1H2/i/hD8. The third kappa shape index (κ3) is 6.32. The Morgan fingerprint density at radius 2 is 1.00 bits per heavy atom. The number of hydrogen-bond acceptors (Lipinski definition) is 4. The van der Waals surface area contributed by atoms with Crippen LogP contribution in [-0.4, -0.2) is 33.4 Å². The summed E-state index contributed by atoms with van der Waals surface area (Å²) in [5.41, 5.74) is 12.1. The number of aromatic nitrogens is 2. The molecular weight excluding hydrogens is 272 g/mol. The second kappa shape index (κ2) is 10.3. The molecule has 0 unspecified atom stereocenters. The molecule has 0 aliphatic rings. The van der Waals surface area contributed by atoms with E-state index < -0.39 is 0 Å². The van der Waals surface area contributed by atoms with Crippen molar-refractivity contribution >= 4 is 11.4 Å². The van der Waals surface area contributed by atoms with Crippen molar-refractivity contribution in [3.05, 3.63) is 59.5 Å². The van der Waals surface area contributed by atoms with Crippen LogP contribution >= 0.6 is 0 Å². The number of pyridine rings is 2. The maximum absolute atomic E-state index is 10.7. The zero-order valence-electron chi connectivity index (χ0n) is 17.9. The molecule has 10 nitrogen and oxygen atoms in total. The van der Waals surface area contributed by atoms with Crippen molar-refractivity contribution < 1.29 is 31.4 Å². The van der Waals surface area contributed by atoms with E-state index in [2.05, 4.69) is 32.2 Å². The predicted octanol–water partition coefficient (Wildman–Crippen LogP) is -1.93. The van der Waals surface area contributed by atoms with Gasteiger partial charge in [0.2, 0.25) is 11.4 Å². The molecule has 0 fully saturated rings. The van der Waals surface area contributed by atoms with Gasteiger partial charge in [0.1, 0.15) is 0 Å². The van der Waals surface area contributed by atoms with Gasteiger partial charge in [-0.05, 0) is 0 Å². The summed E-state index contributed by atoms with van der Waals surface area (Å²) in [6, 6.07) is 6.20. The Morgan fingerprint density at radius 1 is 0.750 bits per heavy atom. The Bertz CT molecular complexity index is 528. The maximum atomic E-state index is 10.7. The topological polar surface area (TPSA) is 205 Å². The van der Waals surface area contributed by atoms with Crippen LogP contribution in [0.3, 0.4) is 0 Å². The lowest BCUT2D eigenvalue weighted by atomic mass is 10.4. The quantitative estimate of drug-likeness (QED) is 0.352. The monoisotopic (exact) mass is 296 g/mol. The van der Waals surface area contributed by atoms with Crippen molar-refractivity contribution in [1.82, 2.24) is 0 Å². The molecule has 112 valence electrons. The highest BCUT2D eigenvalue weighted by molar-refractivity contribution is 5.35. The Kier molecular flexibility index (Phi) is 4.77. The molecule has 0 saturated carbocycles. The van der Waals surface area contributed by atoms with Gasteiger partial charge in [0.25, 0.3) is 0 Å². The van der Waals surface area contributed by atoms with Gasteiger partial charge in [-0.25, -0.2) is 0 Å². The van der Waals surface area contributed by atoms with Gasteiger partial charge >= 0.3 is 0 Å². The third-order valence-electron chi connectivity index (χ3n) is 1.85. The highest BCUT2D eigenvalue weighted by Crippen LogP contribution is 2.14. The van der Waals surface area contributed by atoms with Gasteiger partial charge < -0.3 is 32.3 Å².